The first-order chi connectivity index (χ1) is 9.69. The maximum Gasteiger partial charge on any atom is 0.0857 e. The minimum atomic E-state index is -0.349. The third-order valence-electron chi connectivity index (χ3n) is 4.75. The van der Waals surface area contributed by atoms with Crippen LogP contribution in [0.5, 0.6) is 0 Å². The first-order valence-electron chi connectivity index (χ1n) is 7.88. The molecule has 1 atom stereocenters. The first kappa shape index (κ1) is 15.1. The average molecular weight is 270 g/mol. The van der Waals surface area contributed by atoms with Crippen LogP contribution in [0, 0.1) is 17.2 Å². The summed E-state index contributed by atoms with van der Waals surface area (Å²) in [5.41, 5.74) is 0.827. The lowest BCUT2D eigenvalue weighted by atomic mass is 9.70. The molecule has 1 fully saturated rings. The highest BCUT2D eigenvalue weighted by molar-refractivity contribution is 5.33. The summed E-state index contributed by atoms with van der Waals surface area (Å²) in [7, 11) is 0. The van der Waals surface area contributed by atoms with Crippen molar-refractivity contribution in [2.45, 2.75) is 44.9 Å². The normalized spacial score (nSPS) is 19.5. The van der Waals surface area contributed by atoms with Crippen molar-refractivity contribution in [3.8, 4) is 6.07 Å². The molecule has 1 aromatic rings. The van der Waals surface area contributed by atoms with Gasteiger partial charge in [-0.05, 0) is 50.4 Å². The van der Waals surface area contributed by atoms with Crippen LogP contribution in [0.2, 0.25) is 0 Å². The number of rotatable bonds is 5. The van der Waals surface area contributed by atoms with E-state index in [9.17, 15) is 5.26 Å². The minimum Gasteiger partial charge on any atom is -0.303 e. The lowest BCUT2D eigenvalue weighted by Gasteiger charge is -2.35. The van der Waals surface area contributed by atoms with Gasteiger partial charge in [-0.15, -0.1) is 0 Å². The predicted molar refractivity (Wildman–Crippen MR) is 83.5 cm³/mol. The molecule has 0 saturated carbocycles. The summed E-state index contributed by atoms with van der Waals surface area (Å²) in [6.45, 7) is 7.79. The Labute approximate surface area is 123 Å². The molecule has 0 aromatic heterocycles. The lowest BCUT2D eigenvalue weighted by Crippen LogP contribution is -2.38. The molecule has 0 radical (unpaired) electrons. The van der Waals surface area contributed by atoms with Crippen molar-refractivity contribution in [1.29, 1.82) is 5.26 Å². The van der Waals surface area contributed by atoms with Gasteiger partial charge >= 0.3 is 0 Å². The van der Waals surface area contributed by atoms with Gasteiger partial charge in [0.1, 0.15) is 0 Å². The molecule has 1 aliphatic heterocycles. The van der Waals surface area contributed by atoms with Gasteiger partial charge in [0, 0.05) is 0 Å². The Bertz CT molecular complexity index is 440. The van der Waals surface area contributed by atoms with Gasteiger partial charge in [-0.1, -0.05) is 50.6 Å². The highest BCUT2D eigenvalue weighted by Crippen LogP contribution is 2.35. The minimum absolute atomic E-state index is 0.333. The number of piperidine rings is 1. The van der Waals surface area contributed by atoms with E-state index in [1.807, 2.05) is 18.2 Å². The lowest BCUT2D eigenvalue weighted by molar-refractivity contribution is 0.202. The fourth-order valence-electron chi connectivity index (χ4n) is 3.27. The molecule has 1 heterocycles. The fraction of sp³-hybridized carbons (Fsp3) is 0.611. The molecule has 1 saturated heterocycles. The van der Waals surface area contributed by atoms with Crippen LogP contribution < -0.4 is 0 Å². The summed E-state index contributed by atoms with van der Waals surface area (Å²) in [4.78, 5) is 2.53. The second-order valence-corrected chi connectivity index (χ2v) is 6.26. The number of nitriles is 1. The zero-order chi connectivity index (χ0) is 14.4. The summed E-state index contributed by atoms with van der Waals surface area (Å²) in [6.07, 6.45) is 4.92. The Balaban J connectivity index is 2.13. The molecule has 1 aromatic carbocycles. The molecule has 108 valence electrons. The molecular formula is C18H26N2. The fourth-order valence-corrected chi connectivity index (χ4v) is 3.27. The van der Waals surface area contributed by atoms with Crippen LogP contribution in [0.1, 0.15) is 45.1 Å². The van der Waals surface area contributed by atoms with Crippen molar-refractivity contribution in [2.75, 3.05) is 19.6 Å². The number of nitrogens with zero attached hydrogens (tertiary/aromatic N) is 2. The molecule has 0 aliphatic carbocycles. The molecule has 0 N–H and O–H groups in total. The van der Waals surface area contributed by atoms with Crippen molar-refractivity contribution in [1.82, 2.24) is 4.90 Å². The van der Waals surface area contributed by atoms with Crippen molar-refractivity contribution in [2.24, 2.45) is 5.92 Å². The molecule has 2 rings (SSSR count). The summed E-state index contributed by atoms with van der Waals surface area (Å²) < 4.78 is 0. The molecule has 20 heavy (non-hydrogen) atoms. The Kier molecular flexibility index (Phi) is 5.20. The highest BCUT2D eigenvalue weighted by atomic mass is 15.1. The Morgan fingerprint density at radius 3 is 2.35 bits per heavy atom. The van der Waals surface area contributed by atoms with Gasteiger partial charge in [-0.3, -0.25) is 0 Å². The zero-order valence-corrected chi connectivity index (χ0v) is 12.8. The molecule has 0 unspecified atom stereocenters. The van der Waals surface area contributed by atoms with Crippen LogP contribution in [0.15, 0.2) is 30.3 Å². The van der Waals surface area contributed by atoms with Crippen molar-refractivity contribution in [3.05, 3.63) is 35.9 Å². The Morgan fingerprint density at radius 1 is 1.15 bits per heavy atom. The summed E-state index contributed by atoms with van der Waals surface area (Å²) in [5, 5.41) is 9.86. The molecule has 0 bridgehead atoms. The quantitative estimate of drug-likeness (QED) is 0.809. The maximum atomic E-state index is 9.86. The van der Waals surface area contributed by atoms with Crippen molar-refractivity contribution < 1.29 is 0 Å². The van der Waals surface area contributed by atoms with E-state index in [-0.39, 0.29) is 5.41 Å². The van der Waals surface area contributed by atoms with Crippen LogP contribution in [-0.2, 0) is 5.41 Å². The third kappa shape index (κ3) is 3.22. The van der Waals surface area contributed by atoms with Gasteiger partial charge in [0.15, 0.2) is 0 Å². The predicted octanol–water partition coefficient (Wildman–Crippen LogP) is 3.98. The third-order valence-corrected chi connectivity index (χ3v) is 4.75. The molecule has 0 amide bonds. The zero-order valence-electron chi connectivity index (χ0n) is 12.8. The number of hydrogen-bond acceptors (Lipinski definition) is 2. The molecular weight excluding hydrogens is 244 g/mol. The van der Waals surface area contributed by atoms with Crippen LogP contribution in [-0.4, -0.2) is 24.5 Å². The largest absolute Gasteiger partial charge is 0.303 e. The topological polar surface area (TPSA) is 27.0 Å². The van der Waals surface area contributed by atoms with Crippen LogP contribution >= 0.6 is 0 Å². The highest BCUT2D eigenvalue weighted by Gasteiger charge is 2.36. The molecule has 0 spiro atoms. The van der Waals surface area contributed by atoms with Crippen molar-refractivity contribution in [3.63, 3.8) is 0 Å². The first-order valence-corrected chi connectivity index (χ1v) is 7.88. The molecule has 1 aliphatic rings. The van der Waals surface area contributed by atoms with E-state index in [0.29, 0.717) is 5.92 Å². The van der Waals surface area contributed by atoms with Crippen molar-refractivity contribution >= 4 is 0 Å². The van der Waals surface area contributed by atoms with Gasteiger partial charge in [0.25, 0.3) is 0 Å². The van der Waals surface area contributed by atoms with Gasteiger partial charge in [0.05, 0.1) is 11.5 Å². The number of benzene rings is 1. The molecule has 2 nitrogen and oxygen atoms in total. The van der Waals surface area contributed by atoms with E-state index >= 15 is 0 Å². The Morgan fingerprint density at radius 2 is 1.80 bits per heavy atom. The van der Waals surface area contributed by atoms with E-state index < -0.39 is 0 Å². The average Bonchev–Trinajstić information content (AvgIpc) is 2.50. The van der Waals surface area contributed by atoms with Gasteiger partial charge in [0.2, 0.25) is 0 Å². The second kappa shape index (κ2) is 6.90. The smallest absolute Gasteiger partial charge is 0.0857 e. The van der Waals surface area contributed by atoms with Gasteiger partial charge in [-0.25, -0.2) is 0 Å². The second-order valence-electron chi connectivity index (χ2n) is 6.26. The van der Waals surface area contributed by atoms with Gasteiger partial charge < -0.3 is 4.90 Å². The summed E-state index contributed by atoms with van der Waals surface area (Å²) in [6, 6.07) is 13.0. The van der Waals surface area contributed by atoms with E-state index in [1.165, 1.54) is 37.9 Å². The van der Waals surface area contributed by atoms with Crippen LogP contribution in [0.25, 0.3) is 0 Å². The SMILES string of the molecule is CC(C)[C@@](C#N)(CCN1CCCCC1)c1ccccc1. The Hall–Kier alpha value is -1.33. The number of hydrogen-bond donors (Lipinski definition) is 0. The standard InChI is InChI=1S/C18H26N2/c1-16(2)18(15-19,17-9-5-3-6-10-17)11-14-20-12-7-4-8-13-20/h3,5-6,9-10,16H,4,7-8,11-14H2,1-2H3/t18-/m0/s1. The monoisotopic (exact) mass is 270 g/mol. The van der Waals surface area contributed by atoms with E-state index in [0.717, 1.165) is 13.0 Å². The van der Waals surface area contributed by atoms with E-state index in [2.05, 4.69) is 36.9 Å². The van der Waals surface area contributed by atoms with Crippen LogP contribution in [0.4, 0.5) is 0 Å². The van der Waals surface area contributed by atoms with Crippen LogP contribution in [0.3, 0.4) is 0 Å². The summed E-state index contributed by atoms with van der Waals surface area (Å²) >= 11 is 0. The van der Waals surface area contributed by atoms with E-state index in [4.69, 9.17) is 0 Å². The van der Waals surface area contributed by atoms with Gasteiger partial charge in [-0.2, -0.15) is 5.26 Å². The summed E-state index contributed by atoms with van der Waals surface area (Å²) in [5.74, 6) is 0.333. The molecule has 2 heteroatoms. The maximum absolute atomic E-state index is 9.86. The van der Waals surface area contributed by atoms with E-state index in [1.54, 1.807) is 0 Å². The number of likely N-dealkylation sites (tertiary alicyclic amines) is 1.